The van der Waals surface area contributed by atoms with E-state index in [1.54, 1.807) is 0 Å². The quantitative estimate of drug-likeness (QED) is 0.762. The molecule has 2 heteroatoms. The Balaban J connectivity index is 2.07. The van der Waals surface area contributed by atoms with Crippen LogP contribution in [0.3, 0.4) is 0 Å². The highest BCUT2D eigenvalue weighted by Gasteiger charge is 2.06. The van der Waals surface area contributed by atoms with E-state index >= 15 is 0 Å². The molecule has 0 fully saturated rings. The molecule has 0 radical (unpaired) electrons. The van der Waals surface area contributed by atoms with Crippen molar-refractivity contribution in [3.8, 4) is 0 Å². The van der Waals surface area contributed by atoms with Gasteiger partial charge in [0, 0.05) is 12.1 Å². The molecular weight excluding hydrogens is 210 g/mol. The predicted octanol–water partition coefficient (Wildman–Crippen LogP) is 3.10. The van der Waals surface area contributed by atoms with Crippen LogP contribution in [-0.2, 0) is 4.74 Å². The zero-order chi connectivity index (χ0) is 12.6. The number of nitrogens with one attached hydrogen (secondary N) is 1. The molecule has 17 heavy (non-hydrogen) atoms. The van der Waals surface area contributed by atoms with Crippen LogP contribution in [0.2, 0.25) is 0 Å². The number of hydrogen-bond acceptors (Lipinski definition) is 2. The lowest BCUT2D eigenvalue weighted by atomic mass is 10.1. The van der Waals surface area contributed by atoms with Gasteiger partial charge >= 0.3 is 0 Å². The summed E-state index contributed by atoms with van der Waals surface area (Å²) < 4.78 is 5.50. The molecule has 0 aliphatic carbocycles. The summed E-state index contributed by atoms with van der Waals surface area (Å²) in [7, 11) is 0. The first-order valence-electron chi connectivity index (χ1n) is 6.12. The monoisotopic (exact) mass is 233 g/mol. The van der Waals surface area contributed by atoms with Gasteiger partial charge in [0.25, 0.3) is 0 Å². The predicted molar refractivity (Wildman–Crippen MR) is 74.1 cm³/mol. The minimum absolute atomic E-state index is 0.170. The van der Waals surface area contributed by atoms with Crippen molar-refractivity contribution in [3.63, 3.8) is 0 Å². The lowest BCUT2D eigenvalue weighted by Gasteiger charge is -2.20. The number of hydrogen-bond donors (Lipinski definition) is 1. The first kappa shape index (κ1) is 13.9. The fraction of sp³-hybridized carbons (Fsp3) is 0.467. The summed E-state index contributed by atoms with van der Waals surface area (Å²) in [5.41, 5.74) is 1.38. The van der Waals surface area contributed by atoms with Crippen molar-refractivity contribution in [2.24, 2.45) is 0 Å². The maximum atomic E-state index is 5.50. The summed E-state index contributed by atoms with van der Waals surface area (Å²) in [6, 6.07) is 10.3. The Bertz CT molecular complexity index is 325. The maximum Gasteiger partial charge on any atom is 0.0651 e. The van der Waals surface area contributed by atoms with E-state index in [1.165, 1.54) is 5.56 Å². The highest BCUT2D eigenvalue weighted by atomic mass is 16.5. The smallest absolute Gasteiger partial charge is 0.0651 e. The second-order valence-corrected chi connectivity index (χ2v) is 5.06. The van der Waals surface area contributed by atoms with Crippen molar-refractivity contribution in [2.45, 2.75) is 26.3 Å². The van der Waals surface area contributed by atoms with Gasteiger partial charge in [0.15, 0.2) is 0 Å². The molecule has 0 bridgehead atoms. The van der Waals surface area contributed by atoms with Crippen LogP contribution < -0.4 is 5.32 Å². The number of ether oxygens (including phenoxy) is 1. The fourth-order valence-corrected chi connectivity index (χ4v) is 1.40. The molecule has 1 rings (SSSR count). The summed E-state index contributed by atoms with van der Waals surface area (Å²) >= 11 is 0. The second kappa shape index (κ2) is 7.25. The Labute approximate surface area is 105 Å². The molecule has 0 saturated carbocycles. The van der Waals surface area contributed by atoms with Crippen LogP contribution in [0.5, 0.6) is 0 Å². The molecular formula is C15H23NO. The molecule has 94 valence electrons. The third kappa shape index (κ3) is 7.72. The molecule has 2 nitrogen and oxygen atoms in total. The molecule has 0 unspecified atom stereocenters. The van der Waals surface area contributed by atoms with E-state index in [4.69, 9.17) is 4.74 Å². The molecule has 1 aromatic carbocycles. The van der Waals surface area contributed by atoms with Gasteiger partial charge in [0.05, 0.1) is 13.2 Å². The normalized spacial score (nSPS) is 12.2. The van der Waals surface area contributed by atoms with Crippen molar-refractivity contribution >= 4 is 6.08 Å². The Morgan fingerprint density at radius 1 is 1.18 bits per heavy atom. The first-order valence-corrected chi connectivity index (χ1v) is 6.12. The van der Waals surface area contributed by atoms with E-state index in [0.29, 0.717) is 6.61 Å². The minimum atomic E-state index is 0.170. The van der Waals surface area contributed by atoms with E-state index < -0.39 is 0 Å². The average molecular weight is 233 g/mol. The minimum Gasteiger partial charge on any atom is -0.376 e. The van der Waals surface area contributed by atoms with Crippen molar-refractivity contribution < 1.29 is 4.74 Å². The van der Waals surface area contributed by atoms with Crippen LogP contribution in [0, 0.1) is 0 Å². The van der Waals surface area contributed by atoms with Crippen LogP contribution in [-0.4, -0.2) is 25.3 Å². The lowest BCUT2D eigenvalue weighted by molar-refractivity contribution is 0.157. The van der Waals surface area contributed by atoms with E-state index in [2.05, 4.69) is 44.3 Å². The van der Waals surface area contributed by atoms with E-state index in [1.807, 2.05) is 24.3 Å². The summed E-state index contributed by atoms with van der Waals surface area (Å²) in [5.74, 6) is 0. The van der Waals surface area contributed by atoms with Crippen LogP contribution in [0.25, 0.3) is 6.08 Å². The molecule has 0 aromatic heterocycles. The molecule has 0 aliphatic heterocycles. The molecule has 0 spiro atoms. The summed E-state index contributed by atoms with van der Waals surface area (Å²) in [6.07, 6.45) is 4.13. The molecule has 1 aromatic rings. The highest BCUT2D eigenvalue weighted by molar-refractivity contribution is 5.48. The van der Waals surface area contributed by atoms with Gasteiger partial charge in [-0.3, -0.25) is 0 Å². The van der Waals surface area contributed by atoms with Gasteiger partial charge in [-0.25, -0.2) is 0 Å². The van der Waals surface area contributed by atoms with E-state index in [9.17, 15) is 0 Å². The maximum absolute atomic E-state index is 5.50. The third-order valence-electron chi connectivity index (χ3n) is 2.23. The highest BCUT2D eigenvalue weighted by Crippen LogP contribution is 2.00. The zero-order valence-electron chi connectivity index (χ0n) is 11.1. The summed E-state index contributed by atoms with van der Waals surface area (Å²) in [5, 5.41) is 3.38. The van der Waals surface area contributed by atoms with Crippen LogP contribution in [0.1, 0.15) is 26.3 Å². The van der Waals surface area contributed by atoms with E-state index in [-0.39, 0.29) is 5.54 Å². The topological polar surface area (TPSA) is 21.3 Å². The SMILES string of the molecule is CC(C)(C)NCCOCC=Cc1ccccc1. The first-order chi connectivity index (χ1) is 8.08. The Hall–Kier alpha value is -1.12. The van der Waals surface area contributed by atoms with Gasteiger partial charge < -0.3 is 10.1 Å². The lowest BCUT2D eigenvalue weighted by Crippen LogP contribution is -2.37. The van der Waals surface area contributed by atoms with Crippen molar-refractivity contribution in [1.29, 1.82) is 0 Å². The van der Waals surface area contributed by atoms with Crippen LogP contribution in [0.4, 0.5) is 0 Å². The average Bonchev–Trinajstić information content (AvgIpc) is 2.28. The van der Waals surface area contributed by atoms with Crippen LogP contribution >= 0.6 is 0 Å². The summed E-state index contributed by atoms with van der Waals surface area (Å²) in [4.78, 5) is 0. The number of benzene rings is 1. The van der Waals surface area contributed by atoms with Crippen LogP contribution in [0.15, 0.2) is 36.4 Å². The van der Waals surface area contributed by atoms with Crippen molar-refractivity contribution in [1.82, 2.24) is 5.32 Å². The molecule has 0 amide bonds. The molecule has 0 saturated heterocycles. The molecule has 0 heterocycles. The van der Waals surface area contributed by atoms with Crippen molar-refractivity contribution in [3.05, 3.63) is 42.0 Å². The van der Waals surface area contributed by atoms with Gasteiger partial charge in [-0.1, -0.05) is 42.5 Å². The zero-order valence-corrected chi connectivity index (χ0v) is 11.1. The molecule has 1 N–H and O–H groups in total. The van der Waals surface area contributed by atoms with Gasteiger partial charge in [-0.2, -0.15) is 0 Å². The van der Waals surface area contributed by atoms with Gasteiger partial charge in [-0.15, -0.1) is 0 Å². The van der Waals surface area contributed by atoms with E-state index in [0.717, 1.165) is 13.2 Å². The standard InChI is InChI=1S/C15H23NO/c1-15(2,3)16-11-13-17-12-7-10-14-8-5-4-6-9-14/h4-10,16H,11-13H2,1-3H3. The largest absolute Gasteiger partial charge is 0.376 e. The van der Waals surface area contributed by atoms with Crippen molar-refractivity contribution in [2.75, 3.05) is 19.8 Å². The Morgan fingerprint density at radius 3 is 2.53 bits per heavy atom. The second-order valence-electron chi connectivity index (χ2n) is 5.06. The molecule has 0 aliphatic rings. The fourth-order valence-electron chi connectivity index (χ4n) is 1.40. The third-order valence-corrected chi connectivity index (χ3v) is 2.23. The van der Waals surface area contributed by atoms with Gasteiger partial charge in [-0.05, 0) is 26.3 Å². The summed E-state index contributed by atoms with van der Waals surface area (Å²) in [6.45, 7) is 8.77. The Morgan fingerprint density at radius 2 is 1.88 bits per heavy atom. The molecule has 0 atom stereocenters. The Kier molecular flexibility index (Phi) is 5.95. The van der Waals surface area contributed by atoms with Gasteiger partial charge in [0.1, 0.15) is 0 Å². The number of rotatable bonds is 6. The van der Waals surface area contributed by atoms with Gasteiger partial charge in [0.2, 0.25) is 0 Å².